The van der Waals surface area contributed by atoms with E-state index in [2.05, 4.69) is 21.6 Å². The number of carbonyl (C=O) groups excluding carboxylic acids is 3. The Balaban J connectivity index is 1.14. The van der Waals surface area contributed by atoms with Crippen LogP contribution in [0.3, 0.4) is 0 Å². The Morgan fingerprint density at radius 1 is 0.867 bits per heavy atom. The number of fused-ring (bicyclic) bond motifs is 1. The van der Waals surface area contributed by atoms with Crippen molar-refractivity contribution in [1.29, 1.82) is 0 Å². The van der Waals surface area contributed by atoms with E-state index in [1.165, 1.54) is 38.8 Å². The Morgan fingerprint density at radius 2 is 1.60 bits per heavy atom. The first kappa shape index (κ1) is 31.3. The van der Waals surface area contributed by atoms with Crippen molar-refractivity contribution < 1.29 is 14.4 Å². The third kappa shape index (κ3) is 7.24. The molecule has 2 aromatic rings. The number of hydrogen-bond acceptors (Lipinski definition) is 5. The Kier molecular flexibility index (Phi) is 10.1. The lowest BCUT2D eigenvalue weighted by atomic mass is 9.83. The highest BCUT2D eigenvalue weighted by Crippen LogP contribution is 2.34. The second kappa shape index (κ2) is 14.6. The van der Waals surface area contributed by atoms with Gasteiger partial charge in [0.2, 0.25) is 6.17 Å². The minimum Gasteiger partial charge on any atom is -0.339 e. The van der Waals surface area contributed by atoms with Crippen molar-refractivity contribution in [2.45, 2.75) is 89.8 Å². The van der Waals surface area contributed by atoms with Crippen LogP contribution in [0.5, 0.6) is 0 Å². The summed E-state index contributed by atoms with van der Waals surface area (Å²) < 4.78 is 0. The van der Waals surface area contributed by atoms with Crippen molar-refractivity contribution in [3.63, 3.8) is 0 Å². The molecule has 6 rings (SSSR count). The van der Waals surface area contributed by atoms with E-state index >= 15 is 0 Å². The lowest BCUT2D eigenvalue weighted by Gasteiger charge is -2.40. The number of benzene rings is 2. The summed E-state index contributed by atoms with van der Waals surface area (Å²) in [5, 5.41) is 5.74. The smallest absolute Gasteiger partial charge is 0.321 e. The van der Waals surface area contributed by atoms with Gasteiger partial charge in [-0.1, -0.05) is 56.9 Å². The summed E-state index contributed by atoms with van der Waals surface area (Å²) in [4.78, 5) is 52.0. The zero-order valence-electron chi connectivity index (χ0n) is 26.7. The number of amides is 4. The molecule has 9 nitrogen and oxygen atoms in total. The average molecular weight is 613 g/mol. The van der Waals surface area contributed by atoms with Crippen LogP contribution in [0.25, 0.3) is 0 Å². The Morgan fingerprint density at radius 3 is 2.36 bits per heavy atom. The topological polar surface area (TPSA) is 97.3 Å². The zero-order valence-corrected chi connectivity index (χ0v) is 26.7. The van der Waals surface area contributed by atoms with E-state index in [1.807, 2.05) is 30.0 Å². The van der Waals surface area contributed by atoms with Gasteiger partial charge in [-0.25, -0.2) is 4.79 Å². The number of rotatable bonds is 7. The molecule has 3 fully saturated rings. The molecule has 45 heavy (non-hydrogen) atoms. The molecule has 1 unspecified atom stereocenters. The molecule has 0 radical (unpaired) electrons. The maximum Gasteiger partial charge on any atom is 0.321 e. The van der Waals surface area contributed by atoms with Gasteiger partial charge in [0.1, 0.15) is 0 Å². The van der Waals surface area contributed by atoms with Gasteiger partial charge in [-0.2, -0.15) is 0 Å². The number of nitrogens with one attached hydrogen (secondary N) is 2. The van der Waals surface area contributed by atoms with Crippen LogP contribution in [-0.4, -0.2) is 78.3 Å². The predicted molar refractivity (Wildman–Crippen MR) is 179 cm³/mol. The van der Waals surface area contributed by atoms with E-state index in [9.17, 15) is 14.4 Å². The third-order valence-electron chi connectivity index (χ3n) is 9.97. The van der Waals surface area contributed by atoms with Gasteiger partial charge in [-0.15, -0.1) is 0 Å². The molecule has 2 saturated heterocycles. The van der Waals surface area contributed by atoms with Gasteiger partial charge in [0.05, 0.1) is 11.4 Å². The summed E-state index contributed by atoms with van der Waals surface area (Å²) in [6, 6.07) is 15.1. The third-order valence-corrected chi connectivity index (χ3v) is 9.97. The molecule has 4 aliphatic rings. The molecule has 0 spiro atoms. The number of piperidine rings is 2. The van der Waals surface area contributed by atoms with Crippen LogP contribution in [0.1, 0.15) is 93.5 Å². The molecule has 0 aromatic heterocycles. The number of aliphatic imine (C=N–C) groups is 1. The summed E-state index contributed by atoms with van der Waals surface area (Å²) in [6.45, 7) is 6.45. The van der Waals surface area contributed by atoms with Crippen LogP contribution in [-0.2, 0) is 4.79 Å². The molecule has 3 heterocycles. The zero-order chi connectivity index (χ0) is 31.2. The first-order chi connectivity index (χ1) is 22.0. The monoisotopic (exact) mass is 612 g/mol. The average Bonchev–Trinajstić information content (AvgIpc) is 3.20. The number of urea groups is 1. The molecule has 4 amide bonds. The fourth-order valence-electron chi connectivity index (χ4n) is 7.63. The number of carbonyl (C=O) groups is 3. The van der Waals surface area contributed by atoms with Gasteiger partial charge < -0.3 is 25.3 Å². The van der Waals surface area contributed by atoms with Gasteiger partial charge >= 0.3 is 6.03 Å². The lowest BCUT2D eigenvalue weighted by Crippen LogP contribution is -2.49. The van der Waals surface area contributed by atoms with Gasteiger partial charge in [-0.3, -0.25) is 14.6 Å². The molecule has 240 valence electrons. The lowest BCUT2D eigenvalue weighted by molar-refractivity contribution is -0.120. The number of anilines is 2. The normalized spacial score (nSPS) is 21.9. The van der Waals surface area contributed by atoms with Gasteiger partial charge in [0.15, 0.2) is 0 Å². The first-order valence-electron chi connectivity index (χ1n) is 17.2. The van der Waals surface area contributed by atoms with Crippen molar-refractivity contribution in [2.75, 3.05) is 42.9 Å². The SMILES string of the molecule is CCCN1C(=O)C(NC(=O)Nc2cccc(C(=O)N3CCC(N4CCCCC4)CC3)c2)N=C(C2CCCCC2)c2ccccc21. The minimum atomic E-state index is -1.04. The summed E-state index contributed by atoms with van der Waals surface area (Å²) in [5.41, 5.74) is 3.83. The summed E-state index contributed by atoms with van der Waals surface area (Å²) >= 11 is 0. The fourth-order valence-corrected chi connectivity index (χ4v) is 7.63. The van der Waals surface area contributed by atoms with Gasteiger partial charge in [0, 0.05) is 48.4 Å². The highest BCUT2D eigenvalue weighted by atomic mass is 16.2. The number of para-hydroxylation sites is 1. The van der Waals surface area contributed by atoms with Crippen LogP contribution in [0.4, 0.5) is 16.2 Å². The minimum absolute atomic E-state index is 0.00945. The molecular weight excluding hydrogens is 564 g/mol. The second-order valence-corrected chi connectivity index (χ2v) is 13.1. The highest BCUT2D eigenvalue weighted by Gasteiger charge is 2.35. The largest absolute Gasteiger partial charge is 0.339 e. The standard InChI is InChI=1S/C36H48N6O3/c1-2-20-42-31-17-8-7-16-30(31)32(26-12-5-3-6-13-26)38-33(35(42)44)39-36(45)37-28-15-11-14-27(25-28)34(43)41-23-18-29(19-24-41)40-21-9-4-10-22-40/h7-8,11,14-17,25-26,29,33H,2-6,9-10,12-13,18-24H2,1H3,(H2,37,39,45). The maximum atomic E-state index is 13.9. The summed E-state index contributed by atoms with van der Waals surface area (Å²) in [7, 11) is 0. The molecule has 3 aliphatic heterocycles. The van der Waals surface area contributed by atoms with Gasteiger partial charge in [-0.05, 0) is 82.3 Å². The Labute approximate surface area is 267 Å². The number of likely N-dealkylation sites (tertiary alicyclic amines) is 2. The summed E-state index contributed by atoms with van der Waals surface area (Å²) in [6.07, 6.45) is 11.2. The number of nitrogens with zero attached hydrogens (tertiary/aromatic N) is 4. The first-order valence-corrected chi connectivity index (χ1v) is 17.2. The van der Waals surface area contributed by atoms with Crippen LogP contribution in [0.2, 0.25) is 0 Å². The van der Waals surface area contributed by atoms with E-state index in [-0.39, 0.29) is 17.7 Å². The van der Waals surface area contributed by atoms with Crippen molar-refractivity contribution in [1.82, 2.24) is 15.1 Å². The Bertz CT molecular complexity index is 1390. The number of hydrogen-bond donors (Lipinski definition) is 2. The van der Waals surface area contributed by atoms with E-state index in [4.69, 9.17) is 4.99 Å². The quantitative estimate of drug-likeness (QED) is 0.398. The van der Waals surface area contributed by atoms with E-state index < -0.39 is 12.2 Å². The van der Waals surface area contributed by atoms with Crippen molar-refractivity contribution in [2.24, 2.45) is 10.9 Å². The predicted octanol–water partition coefficient (Wildman–Crippen LogP) is 6.05. The Hall–Kier alpha value is -3.72. The van der Waals surface area contributed by atoms with Crippen molar-refractivity contribution >= 4 is 34.9 Å². The molecule has 1 saturated carbocycles. The van der Waals surface area contributed by atoms with Gasteiger partial charge in [0.25, 0.3) is 11.8 Å². The summed E-state index contributed by atoms with van der Waals surface area (Å²) in [5.74, 6) is 0.0150. The molecule has 1 aliphatic carbocycles. The van der Waals surface area contributed by atoms with Crippen LogP contribution >= 0.6 is 0 Å². The highest BCUT2D eigenvalue weighted by molar-refractivity contribution is 6.14. The number of benzodiazepines with no additional fused rings is 1. The van der Waals surface area contributed by atoms with E-state index in [1.54, 1.807) is 29.2 Å². The van der Waals surface area contributed by atoms with Crippen molar-refractivity contribution in [3.8, 4) is 0 Å². The second-order valence-electron chi connectivity index (χ2n) is 13.1. The fraction of sp³-hybridized carbons (Fsp3) is 0.556. The molecule has 2 aromatic carbocycles. The maximum absolute atomic E-state index is 13.9. The van der Waals surface area contributed by atoms with E-state index in [0.29, 0.717) is 23.8 Å². The molecular formula is C36H48N6O3. The van der Waals surface area contributed by atoms with Crippen molar-refractivity contribution in [3.05, 3.63) is 59.7 Å². The molecule has 9 heteroatoms. The van der Waals surface area contributed by atoms with Crippen LogP contribution < -0.4 is 15.5 Å². The molecule has 1 atom stereocenters. The van der Waals surface area contributed by atoms with Crippen LogP contribution in [0, 0.1) is 5.92 Å². The van der Waals surface area contributed by atoms with Crippen LogP contribution in [0.15, 0.2) is 53.5 Å². The van der Waals surface area contributed by atoms with E-state index in [0.717, 1.165) is 75.0 Å². The molecule has 0 bridgehead atoms. The molecule has 2 N–H and O–H groups in total.